The molecule has 2 rings (SSSR count). The Labute approximate surface area is 68.7 Å². The first kappa shape index (κ1) is 7.30. The van der Waals surface area contributed by atoms with Gasteiger partial charge in [0, 0.05) is 6.20 Å². The van der Waals surface area contributed by atoms with Gasteiger partial charge in [-0.15, -0.1) is 0 Å². The molecule has 12 heavy (non-hydrogen) atoms. The highest BCUT2D eigenvalue weighted by Gasteiger charge is 2.23. The van der Waals surface area contributed by atoms with Gasteiger partial charge < -0.3 is 9.47 Å². The molecule has 2 heterocycles. The second-order valence-corrected chi connectivity index (χ2v) is 2.55. The highest BCUT2D eigenvalue weighted by molar-refractivity contribution is 5.88. The Morgan fingerprint density at radius 3 is 3.08 bits per heavy atom. The van der Waals surface area contributed by atoms with Crippen molar-refractivity contribution in [3.05, 3.63) is 18.0 Å². The predicted molar refractivity (Wildman–Crippen MR) is 38.6 cm³/mol. The van der Waals surface area contributed by atoms with E-state index in [4.69, 9.17) is 9.47 Å². The number of hydrogen-bond acceptors (Lipinski definition) is 4. The fourth-order valence-corrected chi connectivity index (χ4v) is 0.864. The van der Waals surface area contributed by atoms with Crippen LogP contribution in [0.5, 0.6) is 0 Å². The summed E-state index contributed by atoms with van der Waals surface area (Å²) in [5.41, 5.74) is 0.446. The average molecular weight is 168 g/mol. The van der Waals surface area contributed by atoms with Crippen LogP contribution in [0.1, 0.15) is 10.4 Å². The van der Waals surface area contributed by atoms with Crippen LogP contribution >= 0.6 is 0 Å². The van der Waals surface area contributed by atoms with Crippen LogP contribution in [-0.2, 0) is 9.47 Å². The van der Waals surface area contributed by atoms with E-state index in [-0.39, 0.29) is 12.1 Å². The van der Waals surface area contributed by atoms with Crippen LogP contribution in [0, 0.1) is 0 Å². The summed E-state index contributed by atoms with van der Waals surface area (Å²) in [5.74, 6) is -0.350. The molecule has 0 aliphatic carbocycles. The standard InChI is InChI=1S/C7H8N2O3/c10-7(5-1-8-9-2-5)12-6-3-11-4-6/h1-2,6H,3-4H2,(H,8,9). The number of H-pyrrole nitrogens is 1. The van der Waals surface area contributed by atoms with Crippen molar-refractivity contribution in [1.82, 2.24) is 10.2 Å². The lowest BCUT2D eigenvalue weighted by molar-refractivity contribution is -0.103. The molecule has 1 saturated heterocycles. The van der Waals surface area contributed by atoms with E-state index in [0.717, 1.165) is 0 Å². The molecule has 1 aromatic rings. The summed E-state index contributed by atoms with van der Waals surface area (Å²) >= 11 is 0. The van der Waals surface area contributed by atoms with Crippen molar-refractivity contribution in [2.45, 2.75) is 6.10 Å². The molecule has 1 N–H and O–H groups in total. The second-order valence-electron chi connectivity index (χ2n) is 2.55. The molecule has 0 radical (unpaired) electrons. The molecule has 0 spiro atoms. The van der Waals surface area contributed by atoms with Gasteiger partial charge in [0.2, 0.25) is 0 Å². The zero-order valence-electron chi connectivity index (χ0n) is 6.32. The topological polar surface area (TPSA) is 64.2 Å². The van der Waals surface area contributed by atoms with E-state index >= 15 is 0 Å². The molecule has 1 aromatic heterocycles. The number of aromatic nitrogens is 2. The summed E-state index contributed by atoms with van der Waals surface area (Å²) in [5, 5.41) is 6.18. The van der Waals surface area contributed by atoms with Gasteiger partial charge in [0.25, 0.3) is 0 Å². The molecule has 0 aromatic carbocycles. The van der Waals surface area contributed by atoms with E-state index < -0.39 is 0 Å². The van der Waals surface area contributed by atoms with Crippen molar-refractivity contribution in [2.75, 3.05) is 13.2 Å². The number of carbonyl (C=O) groups is 1. The summed E-state index contributed by atoms with van der Waals surface area (Å²) in [7, 11) is 0. The minimum absolute atomic E-state index is 0.0765. The Kier molecular flexibility index (Phi) is 1.79. The van der Waals surface area contributed by atoms with Crippen LogP contribution in [0.4, 0.5) is 0 Å². The Morgan fingerprint density at radius 2 is 2.58 bits per heavy atom. The minimum Gasteiger partial charge on any atom is -0.454 e. The second kappa shape index (κ2) is 2.94. The lowest BCUT2D eigenvalue weighted by Crippen LogP contribution is -2.37. The highest BCUT2D eigenvalue weighted by Crippen LogP contribution is 2.08. The maximum Gasteiger partial charge on any atom is 0.341 e. The van der Waals surface area contributed by atoms with E-state index in [1.807, 2.05) is 0 Å². The van der Waals surface area contributed by atoms with Gasteiger partial charge >= 0.3 is 5.97 Å². The number of rotatable bonds is 2. The Bertz CT molecular complexity index is 266. The van der Waals surface area contributed by atoms with E-state index in [2.05, 4.69) is 10.2 Å². The number of nitrogens with zero attached hydrogens (tertiary/aromatic N) is 1. The van der Waals surface area contributed by atoms with Crippen LogP contribution in [0.3, 0.4) is 0 Å². The van der Waals surface area contributed by atoms with Crippen molar-refractivity contribution < 1.29 is 14.3 Å². The van der Waals surface area contributed by atoms with Crippen LogP contribution in [0.2, 0.25) is 0 Å². The first-order chi connectivity index (χ1) is 5.86. The number of carbonyl (C=O) groups excluding carboxylic acids is 1. The van der Waals surface area contributed by atoms with Crippen LogP contribution in [-0.4, -0.2) is 35.5 Å². The average Bonchev–Trinajstić information content (AvgIpc) is 2.47. The Balaban J connectivity index is 1.92. The zero-order valence-corrected chi connectivity index (χ0v) is 6.32. The molecule has 64 valence electrons. The normalized spacial score (nSPS) is 17.0. The van der Waals surface area contributed by atoms with Crippen molar-refractivity contribution in [3.63, 3.8) is 0 Å². The number of esters is 1. The van der Waals surface area contributed by atoms with E-state index in [0.29, 0.717) is 18.8 Å². The molecule has 0 bridgehead atoms. The summed E-state index contributed by atoms with van der Waals surface area (Å²) in [6, 6.07) is 0. The first-order valence-corrected chi connectivity index (χ1v) is 3.64. The first-order valence-electron chi connectivity index (χ1n) is 3.64. The molecule has 1 aliphatic heterocycles. The summed E-state index contributed by atoms with van der Waals surface area (Å²) < 4.78 is 9.86. The monoisotopic (exact) mass is 168 g/mol. The maximum atomic E-state index is 11.2. The molecule has 0 saturated carbocycles. The van der Waals surface area contributed by atoms with Crippen LogP contribution < -0.4 is 0 Å². The third-order valence-electron chi connectivity index (χ3n) is 1.62. The largest absolute Gasteiger partial charge is 0.454 e. The highest BCUT2D eigenvalue weighted by atomic mass is 16.6. The summed E-state index contributed by atoms with van der Waals surface area (Å²) in [6.45, 7) is 1.01. The number of hydrogen-bond donors (Lipinski definition) is 1. The third-order valence-corrected chi connectivity index (χ3v) is 1.62. The molecule has 0 amide bonds. The van der Waals surface area contributed by atoms with E-state index in [1.165, 1.54) is 12.4 Å². The van der Waals surface area contributed by atoms with Gasteiger partial charge in [-0.05, 0) is 0 Å². The maximum absolute atomic E-state index is 11.2. The summed E-state index contributed by atoms with van der Waals surface area (Å²) in [6.07, 6.45) is 2.86. The van der Waals surface area contributed by atoms with Crippen molar-refractivity contribution in [3.8, 4) is 0 Å². The number of aromatic amines is 1. The third kappa shape index (κ3) is 1.31. The molecular weight excluding hydrogens is 160 g/mol. The fourth-order valence-electron chi connectivity index (χ4n) is 0.864. The number of ether oxygens (including phenoxy) is 2. The van der Waals surface area contributed by atoms with Gasteiger partial charge in [0.15, 0.2) is 0 Å². The number of nitrogens with one attached hydrogen (secondary N) is 1. The van der Waals surface area contributed by atoms with Crippen molar-refractivity contribution in [1.29, 1.82) is 0 Å². The minimum atomic E-state index is -0.350. The van der Waals surface area contributed by atoms with E-state index in [1.54, 1.807) is 0 Å². The smallest absolute Gasteiger partial charge is 0.341 e. The van der Waals surface area contributed by atoms with Crippen LogP contribution in [0.25, 0.3) is 0 Å². The van der Waals surface area contributed by atoms with E-state index in [9.17, 15) is 4.79 Å². The Morgan fingerprint density at radius 1 is 1.75 bits per heavy atom. The molecule has 5 nitrogen and oxygen atoms in total. The molecule has 1 aliphatic rings. The molecule has 0 unspecified atom stereocenters. The van der Waals surface area contributed by atoms with Crippen molar-refractivity contribution in [2.24, 2.45) is 0 Å². The zero-order chi connectivity index (χ0) is 8.39. The van der Waals surface area contributed by atoms with Gasteiger partial charge in [-0.25, -0.2) is 4.79 Å². The van der Waals surface area contributed by atoms with Crippen LogP contribution in [0.15, 0.2) is 12.4 Å². The SMILES string of the molecule is O=C(OC1COC1)c1cn[nH]c1. The van der Waals surface area contributed by atoms with Gasteiger partial charge in [-0.3, -0.25) is 5.10 Å². The fraction of sp³-hybridized carbons (Fsp3) is 0.429. The molecule has 5 heteroatoms. The van der Waals surface area contributed by atoms with Gasteiger partial charge in [0.05, 0.1) is 25.0 Å². The Hall–Kier alpha value is -1.36. The van der Waals surface area contributed by atoms with Gasteiger partial charge in [0.1, 0.15) is 6.10 Å². The quantitative estimate of drug-likeness (QED) is 0.629. The molecule has 0 atom stereocenters. The summed E-state index contributed by atoms with van der Waals surface area (Å²) in [4.78, 5) is 11.2. The molecular formula is C7H8N2O3. The lowest BCUT2D eigenvalue weighted by atomic mass is 10.3. The molecule has 1 fully saturated rings. The lowest BCUT2D eigenvalue weighted by Gasteiger charge is -2.25. The van der Waals surface area contributed by atoms with Gasteiger partial charge in [-0.1, -0.05) is 0 Å². The van der Waals surface area contributed by atoms with Gasteiger partial charge in [-0.2, -0.15) is 5.10 Å². The van der Waals surface area contributed by atoms with Crippen molar-refractivity contribution >= 4 is 5.97 Å². The predicted octanol–water partition coefficient (Wildman–Crippen LogP) is -0.0347.